The highest BCUT2D eigenvalue weighted by molar-refractivity contribution is 4.87. The van der Waals surface area contributed by atoms with Crippen LogP contribution < -0.4 is 5.32 Å². The summed E-state index contributed by atoms with van der Waals surface area (Å²) in [5.41, 5.74) is 0. The third kappa shape index (κ3) is 3.04. The highest BCUT2D eigenvalue weighted by Crippen LogP contribution is 2.10. The predicted molar refractivity (Wildman–Crippen MR) is 58.5 cm³/mol. The number of nitrogens with zero attached hydrogens (tertiary/aromatic N) is 2. The molecule has 84 valence electrons. The Morgan fingerprint density at radius 3 is 3.00 bits per heavy atom. The van der Waals surface area contributed by atoms with Gasteiger partial charge in [-0.25, -0.2) is 4.98 Å². The molecule has 0 spiro atoms. The fraction of sp³-hybridized carbons (Fsp3) is 0.727. The molecule has 1 unspecified atom stereocenters. The van der Waals surface area contributed by atoms with E-state index in [0.29, 0.717) is 6.04 Å². The Kier molecular flexibility index (Phi) is 3.75. The van der Waals surface area contributed by atoms with Crippen molar-refractivity contribution in [2.45, 2.75) is 32.4 Å². The Hall–Kier alpha value is -0.870. The highest BCUT2D eigenvalue weighted by Gasteiger charge is 2.17. The van der Waals surface area contributed by atoms with E-state index in [9.17, 15) is 0 Å². The molecule has 1 fully saturated rings. The van der Waals surface area contributed by atoms with E-state index in [2.05, 4.69) is 22.1 Å². The molecule has 0 aromatic carbocycles. The van der Waals surface area contributed by atoms with Crippen molar-refractivity contribution in [2.75, 3.05) is 19.6 Å². The van der Waals surface area contributed by atoms with Crippen molar-refractivity contribution < 1.29 is 4.42 Å². The molecule has 1 aliphatic rings. The zero-order valence-corrected chi connectivity index (χ0v) is 9.28. The summed E-state index contributed by atoms with van der Waals surface area (Å²) >= 11 is 0. The van der Waals surface area contributed by atoms with Gasteiger partial charge in [0.05, 0.1) is 12.7 Å². The topological polar surface area (TPSA) is 41.3 Å². The minimum Gasteiger partial charge on any atom is -0.447 e. The van der Waals surface area contributed by atoms with Gasteiger partial charge in [-0.1, -0.05) is 0 Å². The summed E-state index contributed by atoms with van der Waals surface area (Å²) in [5.74, 6) is 0.906. The molecule has 0 amide bonds. The average molecular weight is 209 g/mol. The van der Waals surface area contributed by atoms with Gasteiger partial charge in [0.2, 0.25) is 0 Å². The first-order valence-electron chi connectivity index (χ1n) is 5.68. The molecule has 0 radical (unpaired) electrons. The minimum atomic E-state index is 0.621. The second kappa shape index (κ2) is 5.28. The van der Waals surface area contributed by atoms with Crippen molar-refractivity contribution in [3.63, 3.8) is 0 Å². The van der Waals surface area contributed by atoms with Gasteiger partial charge in [-0.3, -0.25) is 4.90 Å². The maximum absolute atomic E-state index is 5.15. The van der Waals surface area contributed by atoms with E-state index in [0.717, 1.165) is 18.8 Å². The highest BCUT2D eigenvalue weighted by atomic mass is 16.3. The first-order valence-corrected chi connectivity index (χ1v) is 5.68. The molecular weight excluding hydrogens is 190 g/mol. The second-order valence-electron chi connectivity index (χ2n) is 4.19. The van der Waals surface area contributed by atoms with Crippen LogP contribution in [0.1, 0.15) is 25.5 Å². The van der Waals surface area contributed by atoms with Crippen LogP contribution in [0.15, 0.2) is 17.0 Å². The van der Waals surface area contributed by atoms with Crippen LogP contribution in [0.2, 0.25) is 0 Å². The zero-order chi connectivity index (χ0) is 10.5. The van der Waals surface area contributed by atoms with Crippen molar-refractivity contribution in [2.24, 2.45) is 0 Å². The molecule has 0 aliphatic carbocycles. The SMILES string of the molecule is CC(CNCc1cnco1)N1CCCC1. The van der Waals surface area contributed by atoms with E-state index in [4.69, 9.17) is 4.42 Å². The van der Waals surface area contributed by atoms with Crippen LogP contribution in [0.3, 0.4) is 0 Å². The molecular formula is C11H19N3O. The molecule has 1 aromatic heterocycles. The van der Waals surface area contributed by atoms with E-state index in [1.165, 1.54) is 32.3 Å². The lowest BCUT2D eigenvalue weighted by atomic mass is 10.3. The molecule has 2 heterocycles. The van der Waals surface area contributed by atoms with E-state index >= 15 is 0 Å². The van der Waals surface area contributed by atoms with Crippen LogP contribution in [0.5, 0.6) is 0 Å². The molecule has 15 heavy (non-hydrogen) atoms. The Balaban J connectivity index is 1.64. The molecule has 1 aromatic rings. The summed E-state index contributed by atoms with van der Waals surface area (Å²) in [4.78, 5) is 6.42. The quantitative estimate of drug-likeness (QED) is 0.792. The molecule has 1 atom stereocenters. The summed E-state index contributed by atoms with van der Waals surface area (Å²) < 4.78 is 5.15. The monoisotopic (exact) mass is 209 g/mol. The zero-order valence-electron chi connectivity index (χ0n) is 9.28. The summed E-state index contributed by atoms with van der Waals surface area (Å²) in [7, 11) is 0. The number of oxazole rings is 1. The van der Waals surface area contributed by atoms with Gasteiger partial charge in [0, 0.05) is 12.6 Å². The molecule has 4 nitrogen and oxygen atoms in total. The third-order valence-corrected chi connectivity index (χ3v) is 2.99. The number of nitrogens with one attached hydrogen (secondary N) is 1. The van der Waals surface area contributed by atoms with Gasteiger partial charge < -0.3 is 9.73 Å². The first-order chi connectivity index (χ1) is 7.36. The van der Waals surface area contributed by atoms with E-state index in [-0.39, 0.29) is 0 Å². The van der Waals surface area contributed by atoms with Crippen molar-refractivity contribution in [1.82, 2.24) is 15.2 Å². The van der Waals surface area contributed by atoms with Gasteiger partial charge in [-0.15, -0.1) is 0 Å². The largest absolute Gasteiger partial charge is 0.447 e. The number of rotatable bonds is 5. The van der Waals surface area contributed by atoms with Gasteiger partial charge in [-0.05, 0) is 32.9 Å². The number of hydrogen-bond donors (Lipinski definition) is 1. The van der Waals surface area contributed by atoms with Crippen molar-refractivity contribution >= 4 is 0 Å². The Morgan fingerprint density at radius 1 is 1.53 bits per heavy atom. The third-order valence-electron chi connectivity index (χ3n) is 2.99. The van der Waals surface area contributed by atoms with Crippen molar-refractivity contribution in [1.29, 1.82) is 0 Å². The second-order valence-corrected chi connectivity index (χ2v) is 4.19. The molecule has 2 rings (SSSR count). The molecule has 1 aliphatic heterocycles. The lowest BCUT2D eigenvalue weighted by Gasteiger charge is -2.23. The van der Waals surface area contributed by atoms with Gasteiger partial charge in [0.1, 0.15) is 5.76 Å². The average Bonchev–Trinajstić information content (AvgIpc) is 2.90. The number of aromatic nitrogens is 1. The van der Waals surface area contributed by atoms with E-state index < -0.39 is 0 Å². The van der Waals surface area contributed by atoms with E-state index in [1.54, 1.807) is 6.20 Å². The molecule has 4 heteroatoms. The summed E-state index contributed by atoms with van der Waals surface area (Å²) in [6.07, 6.45) is 5.94. The molecule has 1 N–H and O–H groups in total. The fourth-order valence-corrected chi connectivity index (χ4v) is 2.05. The van der Waals surface area contributed by atoms with Crippen LogP contribution in [0.25, 0.3) is 0 Å². The Labute approximate surface area is 90.7 Å². The van der Waals surface area contributed by atoms with E-state index in [1.807, 2.05) is 0 Å². The van der Waals surface area contributed by atoms with Crippen molar-refractivity contribution in [3.8, 4) is 0 Å². The van der Waals surface area contributed by atoms with Gasteiger partial charge in [0.25, 0.3) is 0 Å². The van der Waals surface area contributed by atoms with Gasteiger partial charge in [-0.2, -0.15) is 0 Å². The first kappa shape index (κ1) is 10.6. The van der Waals surface area contributed by atoms with Crippen LogP contribution in [-0.2, 0) is 6.54 Å². The molecule has 0 saturated carbocycles. The van der Waals surface area contributed by atoms with Crippen LogP contribution in [-0.4, -0.2) is 35.6 Å². The molecule has 0 bridgehead atoms. The minimum absolute atomic E-state index is 0.621. The van der Waals surface area contributed by atoms with Crippen LogP contribution in [0.4, 0.5) is 0 Å². The summed E-state index contributed by atoms with van der Waals surface area (Å²) in [6.45, 7) is 6.58. The van der Waals surface area contributed by atoms with Crippen LogP contribution in [0, 0.1) is 0 Å². The smallest absolute Gasteiger partial charge is 0.180 e. The Morgan fingerprint density at radius 2 is 2.33 bits per heavy atom. The maximum atomic E-state index is 5.15. The predicted octanol–water partition coefficient (Wildman–Crippen LogP) is 1.25. The Bertz CT molecular complexity index is 267. The fourth-order valence-electron chi connectivity index (χ4n) is 2.05. The van der Waals surface area contributed by atoms with Crippen molar-refractivity contribution in [3.05, 3.63) is 18.4 Å². The molecule has 1 saturated heterocycles. The normalized spacial score (nSPS) is 19.5. The standard InChI is InChI=1S/C11H19N3O/c1-10(14-4-2-3-5-14)6-12-7-11-8-13-9-15-11/h8-10,12H,2-7H2,1H3. The van der Waals surface area contributed by atoms with Gasteiger partial charge >= 0.3 is 0 Å². The van der Waals surface area contributed by atoms with Gasteiger partial charge in [0.15, 0.2) is 6.39 Å². The lowest BCUT2D eigenvalue weighted by Crippen LogP contribution is -2.38. The lowest BCUT2D eigenvalue weighted by molar-refractivity contribution is 0.250. The maximum Gasteiger partial charge on any atom is 0.180 e. The van der Waals surface area contributed by atoms with Crippen LogP contribution >= 0.6 is 0 Å². The number of hydrogen-bond acceptors (Lipinski definition) is 4. The summed E-state index contributed by atoms with van der Waals surface area (Å²) in [6, 6.07) is 0.621. The summed E-state index contributed by atoms with van der Waals surface area (Å²) in [5, 5.41) is 3.39. The number of likely N-dealkylation sites (tertiary alicyclic amines) is 1.